The van der Waals surface area contributed by atoms with Crippen LogP contribution in [0.5, 0.6) is 0 Å². The summed E-state index contributed by atoms with van der Waals surface area (Å²) in [6.45, 7) is 0.335. The van der Waals surface area contributed by atoms with Gasteiger partial charge in [0.15, 0.2) is 0 Å². The molecule has 4 heteroatoms. The van der Waals surface area contributed by atoms with E-state index in [2.05, 4.69) is 4.98 Å². The Labute approximate surface area is 106 Å². The minimum absolute atomic E-state index is 0.303. The van der Waals surface area contributed by atoms with Crippen molar-refractivity contribution in [2.24, 2.45) is 0 Å². The summed E-state index contributed by atoms with van der Waals surface area (Å²) in [6.07, 6.45) is 3.45. The predicted molar refractivity (Wildman–Crippen MR) is 68.7 cm³/mol. The maximum absolute atomic E-state index is 13.6. The van der Waals surface area contributed by atoms with Crippen molar-refractivity contribution in [1.29, 1.82) is 0 Å². The van der Waals surface area contributed by atoms with E-state index in [1.807, 2.05) is 24.1 Å². The molecular weight excluding hydrogens is 231 g/mol. The number of hydrogen-bond donors (Lipinski definition) is 1. The number of pyridine rings is 1. The molecule has 1 heterocycles. The molecule has 0 atom stereocenters. The van der Waals surface area contributed by atoms with E-state index in [0.29, 0.717) is 17.8 Å². The van der Waals surface area contributed by atoms with Gasteiger partial charge in [0, 0.05) is 37.2 Å². The molecule has 18 heavy (non-hydrogen) atoms. The fraction of sp³-hybridized carbons (Fsp3) is 0.214. The Kier molecular flexibility index (Phi) is 3.89. The number of halogens is 1. The molecule has 2 rings (SSSR count). The molecule has 0 spiro atoms. The number of nitrogens with zero attached hydrogens (tertiary/aromatic N) is 2. The van der Waals surface area contributed by atoms with Crippen LogP contribution in [0, 0.1) is 5.82 Å². The van der Waals surface area contributed by atoms with Crippen molar-refractivity contribution in [1.82, 2.24) is 4.98 Å². The van der Waals surface area contributed by atoms with Gasteiger partial charge in [0.25, 0.3) is 0 Å². The Balaban J connectivity index is 2.24. The van der Waals surface area contributed by atoms with Gasteiger partial charge in [-0.3, -0.25) is 4.98 Å². The molecule has 0 aliphatic rings. The summed E-state index contributed by atoms with van der Waals surface area (Å²) in [6, 6.07) is 8.63. The average Bonchev–Trinajstić information content (AvgIpc) is 2.39. The van der Waals surface area contributed by atoms with Crippen LogP contribution in [0.3, 0.4) is 0 Å². The van der Waals surface area contributed by atoms with Gasteiger partial charge < -0.3 is 10.0 Å². The Hall–Kier alpha value is -1.94. The standard InChI is InChI=1S/C14H15FN2O/c1-17(9-11-5-7-16-8-6-11)14-4-2-3-13(15)12(14)10-18/h2-8,18H,9-10H2,1H3. The number of aliphatic hydroxyl groups is 1. The lowest BCUT2D eigenvalue weighted by atomic mass is 10.1. The first-order chi connectivity index (χ1) is 8.72. The number of hydrogen-bond acceptors (Lipinski definition) is 3. The van der Waals surface area contributed by atoms with Gasteiger partial charge >= 0.3 is 0 Å². The molecule has 0 unspecified atom stereocenters. The Morgan fingerprint density at radius 2 is 1.94 bits per heavy atom. The first-order valence-corrected chi connectivity index (χ1v) is 5.70. The molecule has 3 nitrogen and oxygen atoms in total. The summed E-state index contributed by atoms with van der Waals surface area (Å²) in [5, 5.41) is 9.24. The minimum atomic E-state index is -0.378. The van der Waals surface area contributed by atoms with Crippen molar-refractivity contribution in [3.63, 3.8) is 0 Å². The zero-order chi connectivity index (χ0) is 13.0. The van der Waals surface area contributed by atoms with E-state index < -0.39 is 0 Å². The van der Waals surface area contributed by atoms with Crippen LogP contribution in [-0.4, -0.2) is 17.1 Å². The van der Waals surface area contributed by atoms with Crippen molar-refractivity contribution in [3.8, 4) is 0 Å². The van der Waals surface area contributed by atoms with Gasteiger partial charge in [-0.1, -0.05) is 6.07 Å². The SMILES string of the molecule is CN(Cc1ccncc1)c1cccc(F)c1CO. The van der Waals surface area contributed by atoms with Crippen molar-refractivity contribution in [2.75, 3.05) is 11.9 Å². The smallest absolute Gasteiger partial charge is 0.130 e. The lowest BCUT2D eigenvalue weighted by Gasteiger charge is -2.22. The molecule has 0 bridgehead atoms. The van der Waals surface area contributed by atoms with E-state index >= 15 is 0 Å². The van der Waals surface area contributed by atoms with Crippen LogP contribution in [0.15, 0.2) is 42.7 Å². The monoisotopic (exact) mass is 246 g/mol. The summed E-state index contributed by atoms with van der Waals surface area (Å²) >= 11 is 0. The molecule has 0 radical (unpaired) electrons. The van der Waals surface area contributed by atoms with Gasteiger partial charge in [0.05, 0.1) is 6.61 Å². The van der Waals surface area contributed by atoms with Crippen LogP contribution in [-0.2, 0) is 13.2 Å². The van der Waals surface area contributed by atoms with E-state index in [-0.39, 0.29) is 12.4 Å². The molecule has 94 valence electrons. The normalized spacial score (nSPS) is 10.4. The van der Waals surface area contributed by atoms with Crippen molar-refractivity contribution >= 4 is 5.69 Å². The van der Waals surface area contributed by atoms with Gasteiger partial charge in [-0.25, -0.2) is 4.39 Å². The second-order valence-corrected chi connectivity index (χ2v) is 4.11. The fourth-order valence-corrected chi connectivity index (χ4v) is 1.91. The van der Waals surface area contributed by atoms with Crippen molar-refractivity contribution in [2.45, 2.75) is 13.2 Å². The van der Waals surface area contributed by atoms with Crippen LogP contribution in [0.25, 0.3) is 0 Å². The number of benzene rings is 1. The van der Waals surface area contributed by atoms with Crippen LogP contribution >= 0.6 is 0 Å². The highest BCUT2D eigenvalue weighted by atomic mass is 19.1. The van der Waals surface area contributed by atoms with E-state index in [4.69, 9.17) is 0 Å². The number of rotatable bonds is 4. The highest BCUT2D eigenvalue weighted by molar-refractivity contribution is 5.53. The fourth-order valence-electron chi connectivity index (χ4n) is 1.91. The Bertz CT molecular complexity index is 516. The van der Waals surface area contributed by atoms with Gasteiger partial charge in [-0.15, -0.1) is 0 Å². The van der Waals surface area contributed by atoms with E-state index in [1.165, 1.54) is 6.07 Å². The minimum Gasteiger partial charge on any atom is -0.391 e. The van der Waals surface area contributed by atoms with Crippen LogP contribution in [0.1, 0.15) is 11.1 Å². The van der Waals surface area contributed by atoms with Crippen LogP contribution in [0.2, 0.25) is 0 Å². The number of aliphatic hydroxyl groups excluding tert-OH is 1. The van der Waals surface area contributed by atoms with E-state index in [9.17, 15) is 9.50 Å². The number of anilines is 1. The summed E-state index contributed by atoms with van der Waals surface area (Å²) in [7, 11) is 1.87. The Morgan fingerprint density at radius 1 is 1.22 bits per heavy atom. The molecule has 1 aromatic carbocycles. The molecule has 1 aromatic heterocycles. The second kappa shape index (κ2) is 5.60. The predicted octanol–water partition coefficient (Wildman–Crippen LogP) is 2.35. The zero-order valence-corrected chi connectivity index (χ0v) is 10.2. The largest absolute Gasteiger partial charge is 0.391 e. The topological polar surface area (TPSA) is 36.4 Å². The highest BCUT2D eigenvalue weighted by Gasteiger charge is 2.11. The lowest BCUT2D eigenvalue weighted by molar-refractivity contribution is 0.276. The molecule has 0 saturated heterocycles. The third kappa shape index (κ3) is 2.65. The maximum Gasteiger partial charge on any atom is 0.130 e. The van der Waals surface area contributed by atoms with Gasteiger partial charge in [-0.2, -0.15) is 0 Å². The second-order valence-electron chi connectivity index (χ2n) is 4.11. The molecule has 1 N–H and O–H groups in total. The summed E-state index contributed by atoms with van der Waals surface area (Å²) in [5.74, 6) is -0.378. The summed E-state index contributed by atoms with van der Waals surface area (Å²) in [4.78, 5) is 5.86. The maximum atomic E-state index is 13.6. The first kappa shape index (κ1) is 12.5. The summed E-state index contributed by atoms with van der Waals surface area (Å²) < 4.78 is 13.6. The van der Waals surface area contributed by atoms with Gasteiger partial charge in [0.2, 0.25) is 0 Å². The third-order valence-electron chi connectivity index (χ3n) is 2.83. The van der Waals surface area contributed by atoms with Crippen molar-refractivity contribution < 1.29 is 9.50 Å². The Morgan fingerprint density at radius 3 is 2.61 bits per heavy atom. The number of aromatic nitrogens is 1. The van der Waals surface area contributed by atoms with E-state index in [0.717, 1.165) is 5.56 Å². The van der Waals surface area contributed by atoms with Crippen LogP contribution in [0.4, 0.5) is 10.1 Å². The third-order valence-corrected chi connectivity index (χ3v) is 2.83. The van der Waals surface area contributed by atoms with E-state index in [1.54, 1.807) is 24.5 Å². The average molecular weight is 246 g/mol. The molecule has 2 aromatic rings. The molecule has 0 aliphatic heterocycles. The van der Waals surface area contributed by atoms with Gasteiger partial charge in [-0.05, 0) is 29.8 Å². The van der Waals surface area contributed by atoms with Crippen molar-refractivity contribution in [3.05, 3.63) is 59.7 Å². The quantitative estimate of drug-likeness (QED) is 0.899. The summed E-state index contributed by atoms with van der Waals surface area (Å²) in [5.41, 5.74) is 2.11. The molecular formula is C14H15FN2O. The highest BCUT2D eigenvalue weighted by Crippen LogP contribution is 2.23. The first-order valence-electron chi connectivity index (χ1n) is 5.70. The lowest BCUT2D eigenvalue weighted by Crippen LogP contribution is -2.18. The molecule has 0 saturated carbocycles. The molecule has 0 aliphatic carbocycles. The zero-order valence-electron chi connectivity index (χ0n) is 10.2. The van der Waals surface area contributed by atoms with Crippen LogP contribution < -0.4 is 4.90 Å². The molecule has 0 fully saturated rings. The van der Waals surface area contributed by atoms with Gasteiger partial charge in [0.1, 0.15) is 5.82 Å². The molecule has 0 amide bonds.